The molecule has 0 radical (unpaired) electrons. The normalized spacial score (nSPS) is 11.4. The van der Waals surface area contributed by atoms with E-state index in [1.807, 2.05) is 39.5 Å². The zero-order chi connectivity index (χ0) is 18.9. The summed E-state index contributed by atoms with van der Waals surface area (Å²) >= 11 is 6.90. The fraction of sp³-hybridized carbons (Fsp3) is 0.176. The molecule has 3 heterocycles. The molecule has 0 saturated heterocycles. The molecule has 28 heavy (non-hydrogen) atoms. The van der Waals surface area contributed by atoms with Crippen LogP contribution in [0.2, 0.25) is 0 Å². The molecule has 0 fully saturated rings. The average Bonchev–Trinajstić information content (AvgIpc) is 3.43. The van der Waals surface area contributed by atoms with Gasteiger partial charge in [0, 0.05) is 18.4 Å². The number of benzene rings is 2. The largest absolute Gasteiger partial charge is 0.485 e. The maximum Gasteiger partial charge on any atom is 0.234 e. The van der Waals surface area contributed by atoms with Crippen molar-refractivity contribution >= 4 is 39.3 Å². The smallest absolute Gasteiger partial charge is 0.234 e. The summed E-state index contributed by atoms with van der Waals surface area (Å²) in [5, 5.41) is 24.7. The van der Waals surface area contributed by atoms with Gasteiger partial charge in [-0.2, -0.15) is 5.21 Å². The van der Waals surface area contributed by atoms with Gasteiger partial charge in [0.05, 0.1) is 0 Å². The lowest BCUT2D eigenvalue weighted by atomic mass is 10.1. The average molecular weight is 410 g/mol. The van der Waals surface area contributed by atoms with Crippen molar-refractivity contribution in [3.05, 3.63) is 58.1 Å². The summed E-state index contributed by atoms with van der Waals surface area (Å²) < 4.78 is 10.6. The second-order valence-electron chi connectivity index (χ2n) is 6.05. The van der Waals surface area contributed by atoms with Crippen molar-refractivity contribution in [2.45, 2.75) is 19.6 Å². The van der Waals surface area contributed by atoms with Crippen LogP contribution in [0.5, 0.6) is 5.75 Å². The highest BCUT2D eigenvalue weighted by molar-refractivity contribution is 7.73. The molecular formula is C17H14N8OS2. The molecular weight excluding hydrogens is 396 g/mol. The number of aryl methyl sites for hydroxylation is 2. The van der Waals surface area contributed by atoms with Crippen molar-refractivity contribution in [3.63, 3.8) is 0 Å². The number of H-pyrrole nitrogens is 1. The zero-order valence-corrected chi connectivity index (χ0v) is 16.2. The number of tetrazole rings is 1. The molecule has 5 rings (SSSR count). The summed E-state index contributed by atoms with van der Waals surface area (Å²) in [5.74, 6) is 2.12. The van der Waals surface area contributed by atoms with Crippen LogP contribution in [-0.2, 0) is 19.6 Å². The van der Waals surface area contributed by atoms with Gasteiger partial charge >= 0.3 is 0 Å². The quantitative estimate of drug-likeness (QED) is 0.430. The van der Waals surface area contributed by atoms with Crippen LogP contribution in [0.25, 0.3) is 15.7 Å². The molecule has 0 atom stereocenters. The minimum atomic E-state index is 0.281. The number of aromatic nitrogens is 8. The molecule has 1 N–H and O–H groups in total. The third-order valence-electron chi connectivity index (χ3n) is 4.35. The lowest BCUT2D eigenvalue weighted by Crippen LogP contribution is -2.13. The Morgan fingerprint density at radius 3 is 2.86 bits per heavy atom. The van der Waals surface area contributed by atoms with Crippen LogP contribution in [0.3, 0.4) is 0 Å². The second kappa shape index (κ2) is 7.09. The van der Waals surface area contributed by atoms with E-state index in [1.165, 1.54) is 11.3 Å². The molecule has 11 heteroatoms. The SMILES string of the molecule is S=c1sc2nnc(COc3cccc4ccccc34)n2n1CCc1nn[nH]n1. The fourth-order valence-corrected chi connectivity index (χ4v) is 4.26. The molecule has 0 saturated carbocycles. The molecule has 0 amide bonds. The molecule has 0 spiro atoms. The maximum atomic E-state index is 6.08. The van der Waals surface area contributed by atoms with Crippen molar-refractivity contribution in [2.24, 2.45) is 0 Å². The summed E-state index contributed by atoms with van der Waals surface area (Å²) in [6.07, 6.45) is 0.596. The zero-order valence-electron chi connectivity index (χ0n) is 14.5. The van der Waals surface area contributed by atoms with Gasteiger partial charge in [0.2, 0.25) is 4.96 Å². The van der Waals surface area contributed by atoms with E-state index < -0.39 is 0 Å². The van der Waals surface area contributed by atoms with Crippen LogP contribution >= 0.6 is 23.6 Å². The Morgan fingerprint density at radius 1 is 1.07 bits per heavy atom. The van der Waals surface area contributed by atoms with Crippen LogP contribution in [-0.4, -0.2) is 40.0 Å². The first-order chi connectivity index (χ1) is 13.8. The topological polar surface area (TPSA) is 98.8 Å². The Morgan fingerprint density at radius 2 is 1.96 bits per heavy atom. The first-order valence-electron chi connectivity index (χ1n) is 8.56. The Hall–Kier alpha value is -3.18. The van der Waals surface area contributed by atoms with Crippen LogP contribution in [0.1, 0.15) is 11.6 Å². The van der Waals surface area contributed by atoms with E-state index >= 15 is 0 Å². The summed E-state index contributed by atoms with van der Waals surface area (Å²) in [5.41, 5.74) is 0. The van der Waals surface area contributed by atoms with E-state index in [0.717, 1.165) is 21.5 Å². The molecule has 3 aromatic heterocycles. The highest BCUT2D eigenvalue weighted by atomic mass is 32.1. The Balaban J connectivity index is 1.43. The predicted octanol–water partition coefficient (Wildman–Crippen LogP) is 2.81. The maximum absolute atomic E-state index is 6.08. The number of nitrogens with one attached hydrogen (secondary N) is 1. The van der Waals surface area contributed by atoms with Gasteiger partial charge in [0.1, 0.15) is 12.4 Å². The molecule has 2 aromatic carbocycles. The Kier molecular flexibility index (Phi) is 4.29. The van der Waals surface area contributed by atoms with Gasteiger partial charge in [0.25, 0.3) is 0 Å². The summed E-state index contributed by atoms with van der Waals surface area (Å²) in [6, 6.07) is 14.1. The van der Waals surface area contributed by atoms with E-state index in [9.17, 15) is 0 Å². The van der Waals surface area contributed by atoms with E-state index in [2.05, 4.69) is 43.0 Å². The van der Waals surface area contributed by atoms with Crippen molar-refractivity contribution in [2.75, 3.05) is 0 Å². The number of hydrogen-bond acceptors (Lipinski definition) is 8. The van der Waals surface area contributed by atoms with Crippen LogP contribution in [0, 0.1) is 3.95 Å². The highest BCUT2D eigenvalue weighted by Crippen LogP contribution is 2.26. The number of hydrogen-bond donors (Lipinski definition) is 1. The summed E-state index contributed by atoms with van der Waals surface area (Å²) in [4.78, 5) is 0.731. The first kappa shape index (κ1) is 17.0. The van der Waals surface area contributed by atoms with E-state index in [4.69, 9.17) is 17.0 Å². The number of rotatable bonds is 6. The van der Waals surface area contributed by atoms with Gasteiger partial charge in [-0.25, -0.2) is 4.52 Å². The van der Waals surface area contributed by atoms with Crippen molar-refractivity contribution in [3.8, 4) is 5.75 Å². The highest BCUT2D eigenvalue weighted by Gasteiger charge is 2.14. The van der Waals surface area contributed by atoms with Gasteiger partial charge in [0.15, 0.2) is 15.6 Å². The number of fused-ring (bicyclic) bond motifs is 2. The van der Waals surface area contributed by atoms with Crippen LogP contribution in [0.15, 0.2) is 42.5 Å². The van der Waals surface area contributed by atoms with Gasteiger partial charge in [-0.3, -0.25) is 4.68 Å². The Labute approximate surface area is 167 Å². The van der Waals surface area contributed by atoms with Gasteiger partial charge in [-0.05, 0) is 23.7 Å². The lowest BCUT2D eigenvalue weighted by molar-refractivity contribution is 0.292. The molecule has 0 bridgehead atoms. The molecule has 0 aliphatic heterocycles. The van der Waals surface area contributed by atoms with Gasteiger partial charge < -0.3 is 4.74 Å². The van der Waals surface area contributed by atoms with E-state index in [0.29, 0.717) is 28.6 Å². The lowest BCUT2D eigenvalue weighted by Gasteiger charge is -2.09. The minimum absolute atomic E-state index is 0.281. The predicted molar refractivity (Wildman–Crippen MR) is 106 cm³/mol. The second-order valence-corrected chi connectivity index (χ2v) is 7.65. The standard InChI is InChI=1S/C17H14N8OS2/c27-17-24(9-8-14-18-22-23-19-14)25-15(20-21-16(25)28-17)10-26-13-7-3-5-11-4-1-2-6-12(11)13/h1-7H,8-10H2,(H,18,19,22,23). The van der Waals surface area contributed by atoms with Crippen molar-refractivity contribution in [1.29, 1.82) is 0 Å². The molecule has 0 aliphatic carbocycles. The molecule has 9 nitrogen and oxygen atoms in total. The van der Waals surface area contributed by atoms with Gasteiger partial charge in [-0.1, -0.05) is 52.9 Å². The van der Waals surface area contributed by atoms with Crippen molar-refractivity contribution < 1.29 is 4.74 Å². The molecule has 5 aromatic rings. The van der Waals surface area contributed by atoms with E-state index in [-0.39, 0.29) is 6.61 Å². The van der Waals surface area contributed by atoms with Gasteiger partial charge in [-0.15, -0.1) is 20.4 Å². The van der Waals surface area contributed by atoms with Crippen LogP contribution in [0.4, 0.5) is 0 Å². The third kappa shape index (κ3) is 3.04. The van der Waals surface area contributed by atoms with Crippen LogP contribution < -0.4 is 4.74 Å². The molecule has 140 valence electrons. The van der Waals surface area contributed by atoms with E-state index in [1.54, 1.807) is 0 Å². The van der Waals surface area contributed by atoms with Crippen molar-refractivity contribution in [1.82, 2.24) is 40.0 Å². The summed E-state index contributed by atoms with van der Waals surface area (Å²) in [6.45, 7) is 0.876. The number of nitrogens with zero attached hydrogens (tertiary/aromatic N) is 7. The fourth-order valence-electron chi connectivity index (χ4n) is 3.05. The number of ether oxygens (including phenoxy) is 1. The molecule has 0 aliphatic rings. The Bertz CT molecular complexity index is 1300. The number of aromatic amines is 1. The molecule has 0 unspecified atom stereocenters. The third-order valence-corrected chi connectivity index (χ3v) is 5.63. The summed E-state index contributed by atoms with van der Waals surface area (Å²) in [7, 11) is 0. The monoisotopic (exact) mass is 410 g/mol. The minimum Gasteiger partial charge on any atom is -0.485 e. The first-order valence-corrected chi connectivity index (χ1v) is 9.79.